The second-order valence-corrected chi connectivity index (χ2v) is 9.52. The molecule has 182 valence electrons. The number of anilines is 1. The van der Waals surface area contributed by atoms with E-state index < -0.39 is 8.38 Å². The molecule has 3 heterocycles. The van der Waals surface area contributed by atoms with Crippen molar-refractivity contribution >= 4 is 47.5 Å². The Morgan fingerprint density at radius 2 is 1.94 bits per heavy atom. The SMILES string of the molecule is CCn1nc(C)cc1C(=O)Nc1nc2cc(C#N)c3oc(C)cc3c2n1Cc1ccc(P(O)O)cc1. The van der Waals surface area contributed by atoms with Crippen LogP contribution in [-0.2, 0) is 13.1 Å². The van der Waals surface area contributed by atoms with Crippen molar-refractivity contribution in [3.05, 3.63) is 70.7 Å². The van der Waals surface area contributed by atoms with Crippen molar-refractivity contribution in [3.63, 3.8) is 0 Å². The fourth-order valence-corrected chi connectivity index (χ4v) is 4.75. The topological polar surface area (TPSA) is 142 Å². The van der Waals surface area contributed by atoms with E-state index in [2.05, 4.69) is 21.5 Å². The molecule has 11 heteroatoms. The van der Waals surface area contributed by atoms with Gasteiger partial charge in [-0.3, -0.25) is 14.8 Å². The first-order chi connectivity index (χ1) is 17.3. The highest BCUT2D eigenvalue weighted by molar-refractivity contribution is 7.54. The molecule has 3 aromatic heterocycles. The first-order valence-corrected chi connectivity index (χ1v) is 12.5. The third-order valence-electron chi connectivity index (χ3n) is 5.92. The first-order valence-electron chi connectivity index (χ1n) is 11.2. The molecule has 3 N–H and O–H groups in total. The molecule has 2 aromatic carbocycles. The fourth-order valence-electron chi connectivity index (χ4n) is 4.33. The molecule has 0 saturated carbocycles. The Bertz CT molecular complexity index is 1660. The number of carbonyl (C=O) groups excluding carboxylic acids is 1. The summed E-state index contributed by atoms with van der Waals surface area (Å²) in [6.45, 7) is 6.42. The Hall–Kier alpha value is -4.03. The van der Waals surface area contributed by atoms with Gasteiger partial charge >= 0.3 is 0 Å². The van der Waals surface area contributed by atoms with E-state index in [1.54, 1.807) is 41.1 Å². The molecule has 1 amide bonds. The molecule has 5 aromatic rings. The number of imidazole rings is 1. The highest BCUT2D eigenvalue weighted by Crippen LogP contribution is 2.34. The molecule has 0 atom stereocenters. The van der Waals surface area contributed by atoms with Crippen LogP contribution in [0.2, 0.25) is 0 Å². The Morgan fingerprint density at radius 1 is 1.19 bits per heavy atom. The quantitative estimate of drug-likeness (QED) is 0.301. The molecule has 10 nitrogen and oxygen atoms in total. The van der Waals surface area contributed by atoms with Crippen LogP contribution in [0.4, 0.5) is 5.95 Å². The third kappa shape index (κ3) is 4.14. The van der Waals surface area contributed by atoms with Gasteiger partial charge in [-0.05, 0) is 56.7 Å². The summed E-state index contributed by atoms with van der Waals surface area (Å²) < 4.78 is 9.31. The normalized spacial score (nSPS) is 11.5. The summed E-state index contributed by atoms with van der Waals surface area (Å²) in [5.74, 6) is 0.608. The van der Waals surface area contributed by atoms with E-state index in [0.717, 1.165) is 16.6 Å². The van der Waals surface area contributed by atoms with E-state index in [-0.39, 0.29) is 5.91 Å². The van der Waals surface area contributed by atoms with Gasteiger partial charge in [-0.1, -0.05) is 12.1 Å². The predicted molar refractivity (Wildman–Crippen MR) is 136 cm³/mol. The summed E-state index contributed by atoms with van der Waals surface area (Å²) in [7, 11) is -2.19. The van der Waals surface area contributed by atoms with Gasteiger partial charge in [0.25, 0.3) is 5.91 Å². The van der Waals surface area contributed by atoms with Gasteiger partial charge in [-0.25, -0.2) is 4.98 Å². The van der Waals surface area contributed by atoms with Crippen LogP contribution in [0.15, 0.2) is 46.9 Å². The number of nitrogens with one attached hydrogen (secondary N) is 1. The van der Waals surface area contributed by atoms with Crippen molar-refractivity contribution in [1.82, 2.24) is 19.3 Å². The number of aromatic nitrogens is 4. The van der Waals surface area contributed by atoms with Crippen LogP contribution >= 0.6 is 8.38 Å². The van der Waals surface area contributed by atoms with Crippen LogP contribution < -0.4 is 10.6 Å². The lowest BCUT2D eigenvalue weighted by Gasteiger charge is -2.12. The molecule has 0 aliphatic rings. The zero-order valence-electron chi connectivity index (χ0n) is 19.8. The number of furan rings is 1. The van der Waals surface area contributed by atoms with Crippen molar-refractivity contribution in [2.75, 3.05) is 5.32 Å². The zero-order valence-corrected chi connectivity index (χ0v) is 20.7. The molecular formula is C25H23N6O4P. The Kier molecular flexibility index (Phi) is 6.06. The largest absolute Gasteiger partial charge is 0.460 e. The van der Waals surface area contributed by atoms with Crippen molar-refractivity contribution in [1.29, 1.82) is 5.26 Å². The average Bonchev–Trinajstić information content (AvgIpc) is 3.53. The number of fused-ring (bicyclic) bond motifs is 3. The summed E-state index contributed by atoms with van der Waals surface area (Å²) in [5.41, 5.74) is 4.08. The summed E-state index contributed by atoms with van der Waals surface area (Å²) >= 11 is 0. The highest BCUT2D eigenvalue weighted by atomic mass is 31.2. The number of nitriles is 1. The molecule has 0 spiro atoms. The van der Waals surface area contributed by atoms with Gasteiger partial charge in [0.2, 0.25) is 5.95 Å². The number of aryl methyl sites for hydroxylation is 3. The predicted octanol–water partition coefficient (Wildman–Crippen LogP) is 3.71. The summed E-state index contributed by atoms with van der Waals surface area (Å²) in [5, 5.41) is 18.1. The van der Waals surface area contributed by atoms with Crippen LogP contribution in [0.25, 0.3) is 22.0 Å². The van der Waals surface area contributed by atoms with E-state index in [4.69, 9.17) is 4.42 Å². The number of carbonyl (C=O) groups is 1. The third-order valence-corrected chi connectivity index (χ3v) is 6.68. The van der Waals surface area contributed by atoms with Crippen LogP contribution in [0, 0.1) is 25.2 Å². The molecule has 0 radical (unpaired) electrons. The number of hydrogen-bond donors (Lipinski definition) is 3. The minimum Gasteiger partial charge on any atom is -0.460 e. The molecule has 0 aliphatic carbocycles. The van der Waals surface area contributed by atoms with Crippen molar-refractivity contribution in [3.8, 4) is 6.07 Å². The van der Waals surface area contributed by atoms with Crippen molar-refractivity contribution in [2.45, 2.75) is 33.9 Å². The molecule has 0 fully saturated rings. The molecule has 36 heavy (non-hydrogen) atoms. The van der Waals surface area contributed by atoms with Crippen molar-refractivity contribution in [2.24, 2.45) is 0 Å². The number of rotatable bonds is 6. The van der Waals surface area contributed by atoms with E-state index in [0.29, 0.717) is 58.0 Å². The lowest BCUT2D eigenvalue weighted by Crippen LogP contribution is -2.20. The van der Waals surface area contributed by atoms with Gasteiger partial charge in [0.05, 0.1) is 28.8 Å². The Morgan fingerprint density at radius 3 is 2.61 bits per heavy atom. The maximum absolute atomic E-state index is 13.2. The van der Waals surface area contributed by atoms with Gasteiger partial charge in [0, 0.05) is 17.2 Å². The lowest BCUT2D eigenvalue weighted by atomic mass is 10.1. The average molecular weight is 502 g/mol. The fraction of sp³-hybridized carbons (Fsp3) is 0.200. The summed E-state index contributed by atoms with van der Waals surface area (Å²) in [6, 6.07) is 14.3. The molecule has 0 saturated heterocycles. The van der Waals surface area contributed by atoms with E-state index in [1.165, 1.54) is 0 Å². The van der Waals surface area contributed by atoms with Gasteiger partial charge in [-0.15, -0.1) is 0 Å². The summed E-state index contributed by atoms with van der Waals surface area (Å²) in [4.78, 5) is 36.9. The second kappa shape index (κ2) is 9.21. The van der Waals surface area contributed by atoms with Gasteiger partial charge in [-0.2, -0.15) is 10.4 Å². The molecule has 0 unspecified atom stereocenters. The van der Waals surface area contributed by atoms with Crippen molar-refractivity contribution < 1.29 is 19.0 Å². The number of hydrogen-bond acceptors (Lipinski definition) is 7. The highest BCUT2D eigenvalue weighted by Gasteiger charge is 2.22. The summed E-state index contributed by atoms with van der Waals surface area (Å²) in [6.07, 6.45) is 0. The Balaban J connectivity index is 1.67. The standard InChI is InChI=1S/C25H23N6O4P/c1-4-31-21(9-14(2)29-31)24(32)28-25-27-20-11-17(12-26)23-19(10-15(3)35-23)22(20)30(25)13-16-5-7-18(8-6-16)36(33)34/h5-11,33-34H,4,13H2,1-3H3,(H,27,28,32). The smallest absolute Gasteiger partial charge is 0.276 e. The minimum atomic E-state index is -2.19. The Labute approximate surface area is 207 Å². The monoisotopic (exact) mass is 502 g/mol. The van der Waals surface area contributed by atoms with Gasteiger partial charge in [0.15, 0.2) is 14.0 Å². The molecule has 5 rings (SSSR count). The molecule has 0 aliphatic heterocycles. The number of amides is 1. The van der Waals surface area contributed by atoms with Crippen LogP contribution in [0.3, 0.4) is 0 Å². The van der Waals surface area contributed by atoms with E-state index >= 15 is 0 Å². The van der Waals surface area contributed by atoms with Crippen LogP contribution in [0.1, 0.15) is 40.0 Å². The van der Waals surface area contributed by atoms with Crippen LogP contribution in [0.5, 0.6) is 0 Å². The molecule has 0 bridgehead atoms. The van der Waals surface area contributed by atoms with Gasteiger partial charge < -0.3 is 18.8 Å². The minimum absolute atomic E-state index is 0.308. The molecular weight excluding hydrogens is 479 g/mol. The maximum atomic E-state index is 13.2. The van der Waals surface area contributed by atoms with E-state index in [1.807, 2.05) is 31.4 Å². The maximum Gasteiger partial charge on any atom is 0.276 e. The lowest BCUT2D eigenvalue weighted by molar-refractivity contribution is 0.101. The number of nitrogens with zero attached hydrogens (tertiary/aromatic N) is 5. The second-order valence-electron chi connectivity index (χ2n) is 8.42. The van der Waals surface area contributed by atoms with Gasteiger partial charge in [0.1, 0.15) is 17.5 Å². The first kappa shape index (κ1) is 23.7. The zero-order chi connectivity index (χ0) is 25.6. The number of benzene rings is 2. The van der Waals surface area contributed by atoms with E-state index in [9.17, 15) is 19.8 Å². The van der Waals surface area contributed by atoms with Crippen LogP contribution in [-0.4, -0.2) is 35.0 Å².